The first-order valence-electron chi connectivity index (χ1n) is 7.34. The van der Waals surface area contributed by atoms with Gasteiger partial charge in [-0.25, -0.2) is 0 Å². The van der Waals surface area contributed by atoms with Crippen molar-refractivity contribution < 1.29 is 4.74 Å². The van der Waals surface area contributed by atoms with Crippen molar-refractivity contribution in [2.24, 2.45) is 5.92 Å². The Bertz CT molecular complexity index is 501. The number of methoxy groups -OCH3 is 1. The standard InChI is InChI=1S/C17H24N2OS/c1-13(16(20-2)15-9-6-11-18-15)17(21)19-12-10-14-7-4-3-5-8-14/h3-9,11,13,16-19,21H,10,12H2,1-2H3/t13-,16-,17-/m1/s1. The van der Waals surface area contributed by atoms with Gasteiger partial charge in [0.15, 0.2) is 0 Å². The third-order valence-corrected chi connectivity index (χ3v) is 4.42. The van der Waals surface area contributed by atoms with E-state index in [-0.39, 0.29) is 17.4 Å². The smallest absolute Gasteiger partial charge is 0.102 e. The van der Waals surface area contributed by atoms with Gasteiger partial charge in [0, 0.05) is 31.5 Å². The first-order valence-corrected chi connectivity index (χ1v) is 7.85. The van der Waals surface area contributed by atoms with Crippen LogP contribution in [0.2, 0.25) is 0 Å². The third kappa shape index (κ3) is 4.63. The van der Waals surface area contributed by atoms with Gasteiger partial charge >= 0.3 is 0 Å². The van der Waals surface area contributed by atoms with Gasteiger partial charge in [0.1, 0.15) is 6.10 Å². The lowest BCUT2D eigenvalue weighted by atomic mass is 10.0. The van der Waals surface area contributed by atoms with E-state index in [2.05, 4.69) is 47.6 Å². The van der Waals surface area contributed by atoms with Gasteiger partial charge in [0.2, 0.25) is 0 Å². The Morgan fingerprint density at radius 2 is 1.95 bits per heavy atom. The Balaban J connectivity index is 1.83. The van der Waals surface area contributed by atoms with E-state index in [1.807, 2.05) is 18.3 Å². The quantitative estimate of drug-likeness (QED) is 0.516. The molecule has 0 aliphatic rings. The monoisotopic (exact) mass is 304 g/mol. The van der Waals surface area contributed by atoms with Crippen LogP contribution < -0.4 is 5.32 Å². The molecule has 4 heteroatoms. The summed E-state index contributed by atoms with van der Waals surface area (Å²) in [5.74, 6) is 0.257. The number of H-pyrrole nitrogens is 1. The minimum Gasteiger partial charge on any atom is -0.375 e. The summed E-state index contributed by atoms with van der Waals surface area (Å²) < 4.78 is 5.62. The van der Waals surface area contributed by atoms with Crippen LogP contribution in [0, 0.1) is 5.92 Å². The molecule has 0 unspecified atom stereocenters. The van der Waals surface area contributed by atoms with Gasteiger partial charge in [-0.1, -0.05) is 37.3 Å². The Morgan fingerprint density at radius 3 is 2.57 bits per heavy atom. The van der Waals surface area contributed by atoms with E-state index in [0.717, 1.165) is 18.7 Å². The fourth-order valence-electron chi connectivity index (χ4n) is 2.51. The second-order valence-corrected chi connectivity index (χ2v) is 5.83. The Morgan fingerprint density at radius 1 is 1.19 bits per heavy atom. The van der Waals surface area contributed by atoms with Crippen molar-refractivity contribution in [1.29, 1.82) is 0 Å². The van der Waals surface area contributed by atoms with Crippen LogP contribution in [0.25, 0.3) is 0 Å². The molecule has 0 amide bonds. The number of nitrogens with one attached hydrogen (secondary N) is 2. The predicted molar refractivity (Wildman–Crippen MR) is 90.6 cm³/mol. The summed E-state index contributed by atoms with van der Waals surface area (Å²) >= 11 is 4.69. The largest absolute Gasteiger partial charge is 0.375 e. The number of hydrogen-bond acceptors (Lipinski definition) is 3. The highest BCUT2D eigenvalue weighted by atomic mass is 32.1. The maximum absolute atomic E-state index is 5.62. The highest BCUT2D eigenvalue weighted by Gasteiger charge is 2.25. The minimum atomic E-state index is 0.0201. The van der Waals surface area contributed by atoms with Gasteiger partial charge in [-0.2, -0.15) is 12.6 Å². The van der Waals surface area contributed by atoms with Gasteiger partial charge in [-0.05, 0) is 24.1 Å². The molecule has 0 radical (unpaired) electrons. The maximum atomic E-state index is 5.62. The molecule has 1 aromatic carbocycles. The second kappa shape index (κ2) is 8.27. The predicted octanol–water partition coefficient (Wildman–Crippen LogP) is 3.43. The summed E-state index contributed by atoms with van der Waals surface area (Å²) in [6, 6.07) is 14.5. The maximum Gasteiger partial charge on any atom is 0.102 e. The van der Waals surface area contributed by atoms with Crippen molar-refractivity contribution in [2.45, 2.75) is 24.8 Å². The lowest BCUT2D eigenvalue weighted by molar-refractivity contribution is 0.0511. The Hall–Kier alpha value is -1.23. The molecule has 0 fully saturated rings. The molecule has 0 spiro atoms. The van der Waals surface area contributed by atoms with E-state index in [1.165, 1.54) is 5.56 Å². The molecular weight excluding hydrogens is 280 g/mol. The molecule has 1 heterocycles. The normalized spacial score (nSPS) is 15.6. The van der Waals surface area contributed by atoms with Crippen molar-refractivity contribution in [1.82, 2.24) is 10.3 Å². The van der Waals surface area contributed by atoms with Crippen molar-refractivity contribution in [3.63, 3.8) is 0 Å². The van der Waals surface area contributed by atoms with E-state index < -0.39 is 0 Å². The molecule has 0 bridgehead atoms. The van der Waals surface area contributed by atoms with E-state index in [1.54, 1.807) is 7.11 Å². The van der Waals surface area contributed by atoms with Crippen molar-refractivity contribution in [3.05, 3.63) is 59.9 Å². The number of aromatic amines is 1. The molecule has 21 heavy (non-hydrogen) atoms. The molecule has 0 saturated carbocycles. The number of rotatable bonds is 8. The fourth-order valence-corrected chi connectivity index (χ4v) is 2.79. The molecule has 2 aromatic rings. The minimum absolute atomic E-state index is 0.0201. The summed E-state index contributed by atoms with van der Waals surface area (Å²) in [6.07, 6.45) is 2.95. The number of hydrogen-bond donors (Lipinski definition) is 3. The highest BCUT2D eigenvalue weighted by molar-refractivity contribution is 7.80. The summed E-state index contributed by atoms with van der Waals surface area (Å²) in [5.41, 5.74) is 2.43. The van der Waals surface area contributed by atoms with Gasteiger partial charge in [0.05, 0.1) is 5.37 Å². The van der Waals surface area contributed by atoms with Crippen molar-refractivity contribution in [2.75, 3.05) is 13.7 Å². The summed E-state index contributed by atoms with van der Waals surface area (Å²) in [4.78, 5) is 3.22. The van der Waals surface area contributed by atoms with E-state index in [0.29, 0.717) is 0 Å². The number of thiol groups is 1. The van der Waals surface area contributed by atoms with Crippen LogP contribution in [0.4, 0.5) is 0 Å². The van der Waals surface area contributed by atoms with Gasteiger partial charge in [-0.15, -0.1) is 0 Å². The molecule has 0 saturated heterocycles. The van der Waals surface area contributed by atoms with Crippen LogP contribution in [0.3, 0.4) is 0 Å². The van der Waals surface area contributed by atoms with Crippen LogP contribution in [-0.2, 0) is 11.2 Å². The molecule has 2 N–H and O–H groups in total. The molecule has 0 aliphatic heterocycles. The second-order valence-electron chi connectivity index (χ2n) is 5.28. The SMILES string of the molecule is CO[C@@H](c1ccc[nH]1)[C@@H](C)[C@@H](S)NCCc1ccccc1. The highest BCUT2D eigenvalue weighted by Crippen LogP contribution is 2.27. The first kappa shape index (κ1) is 16.1. The van der Waals surface area contributed by atoms with Crippen LogP contribution >= 0.6 is 12.6 Å². The van der Waals surface area contributed by atoms with Gasteiger partial charge in [0.25, 0.3) is 0 Å². The number of aromatic nitrogens is 1. The average molecular weight is 304 g/mol. The zero-order chi connectivity index (χ0) is 15.1. The van der Waals surface area contributed by atoms with Crippen LogP contribution in [0.5, 0.6) is 0 Å². The Kier molecular flexibility index (Phi) is 6.36. The van der Waals surface area contributed by atoms with Crippen LogP contribution in [0.15, 0.2) is 48.7 Å². The summed E-state index contributed by atoms with van der Waals surface area (Å²) in [5, 5.41) is 3.56. The molecule has 2 rings (SSSR count). The lowest BCUT2D eigenvalue weighted by Gasteiger charge is -2.27. The number of benzene rings is 1. The van der Waals surface area contributed by atoms with Gasteiger partial charge in [-0.3, -0.25) is 0 Å². The molecule has 3 nitrogen and oxygen atoms in total. The van der Waals surface area contributed by atoms with Crippen LogP contribution in [0.1, 0.15) is 24.3 Å². The van der Waals surface area contributed by atoms with Crippen LogP contribution in [-0.4, -0.2) is 24.0 Å². The lowest BCUT2D eigenvalue weighted by Crippen LogP contribution is -2.35. The first-order chi connectivity index (χ1) is 10.2. The van der Waals surface area contributed by atoms with Gasteiger partial charge < -0.3 is 15.0 Å². The van der Waals surface area contributed by atoms with E-state index in [4.69, 9.17) is 17.4 Å². The zero-order valence-electron chi connectivity index (χ0n) is 12.6. The average Bonchev–Trinajstić information content (AvgIpc) is 3.03. The topological polar surface area (TPSA) is 37.0 Å². The number of ether oxygens (including phenoxy) is 1. The molecular formula is C17H24N2OS. The van der Waals surface area contributed by atoms with Crippen molar-refractivity contribution >= 4 is 12.6 Å². The molecule has 114 valence electrons. The molecule has 0 aliphatic carbocycles. The molecule has 1 aromatic heterocycles. The van der Waals surface area contributed by atoms with Crippen molar-refractivity contribution in [3.8, 4) is 0 Å². The summed E-state index contributed by atoms with van der Waals surface area (Å²) in [7, 11) is 1.74. The van der Waals surface area contributed by atoms with E-state index in [9.17, 15) is 0 Å². The zero-order valence-corrected chi connectivity index (χ0v) is 13.5. The molecule has 3 atom stereocenters. The van der Waals surface area contributed by atoms with E-state index >= 15 is 0 Å². The fraction of sp³-hybridized carbons (Fsp3) is 0.412. The summed E-state index contributed by atoms with van der Waals surface area (Å²) in [6.45, 7) is 3.06. The third-order valence-electron chi connectivity index (χ3n) is 3.77. The Labute approximate surface area is 132 Å².